The van der Waals surface area contributed by atoms with Crippen molar-refractivity contribution in [1.29, 1.82) is 5.26 Å². The Balaban J connectivity index is 0.000000230. The van der Waals surface area contributed by atoms with Gasteiger partial charge in [0.15, 0.2) is 55.0 Å². The Morgan fingerprint density at radius 3 is 1.39 bits per heavy atom. The maximum atomic E-state index is 11.7. The van der Waals surface area contributed by atoms with Crippen LogP contribution in [0.5, 0.6) is 0 Å². The van der Waals surface area contributed by atoms with Gasteiger partial charge in [-0.3, -0.25) is 4.79 Å². The molecular formula is C55H49Br2N3O24S5. The molecule has 27 nitrogen and oxygen atoms in total. The zero-order chi connectivity index (χ0) is 67.3. The van der Waals surface area contributed by atoms with E-state index in [-0.39, 0.29) is 80.6 Å². The number of rotatable bonds is 8. The Labute approximate surface area is 525 Å². The van der Waals surface area contributed by atoms with E-state index in [4.69, 9.17) is 26.4 Å². The summed E-state index contributed by atoms with van der Waals surface area (Å²) in [6.07, 6.45) is 2.00. The third kappa shape index (κ3) is 18.7. The van der Waals surface area contributed by atoms with Gasteiger partial charge >= 0.3 is 35.8 Å². The molecule has 1 unspecified atom stereocenters. The standard InChI is InChI=1S/C10H9NO5S.C10H11NO4S.C10H9NO4S.C10H8O5S.C8H7BrO4S.C7H5BrO2/c1-16-10(12)6-2-3-7-8(11-13)5-17(14,15)9(7)4-6;1-15-10(12)6-2-3-7-8(11)5-16(13,14)9(7)4-6;1-15-10(12)7-3-4-8(6-11)9(5-7)16(2,13)14;1-15-10(12)6-2-3-7-8(11)5-16(13,14)9(7)4-6;1-14(12,13)7-4-5(8(10)11)2-3-6(7)9;8-6-3-1-5(2-4-6)7(9)10/h2-4,13H,5H2,1H3;2-4,8H,5,11H2,1H3;3-5H,1-2H3;2-4H,5H2,1H3;2-4H,1H3,(H,10,11);1-4H,(H,9,10). The minimum atomic E-state index is -3.58. The van der Waals surface area contributed by atoms with Gasteiger partial charge in [-0.1, -0.05) is 33.2 Å². The van der Waals surface area contributed by atoms with Gasteiger partial charge in [0.1, 0.15) is 23.3 Å². The number of aromatic carboxylic acids is 2. The minimum Gasteiger partial charge on any atom is -0.478 e. The molecule has 472 valence electrons. The number of fused-ring (bicyclic) bond motifs is 3. The first-order valence-electron chi connectivity index (χ1n) is 24.2. The lowest BCUT2D eigenvalue weighted by Crippen LogP contribution is -2.11. The fraction of sp³-hybridized carbons (Fsp3) is 0.182. The van der Waals surface area contributed by atoms with Crippen LogP contribution < -0.4 is 5.73 Å². The summed E-state index contributed by atoms with van der Waals surface area (Å²) in [5, 5.41) is 37.5. The lowest BCUT2D eigenvalue weighted by atomic mass is 10.1. The van der Waals surface area contributed by atoms with Crippen molar-refractivity contribution in [3.8, 4) is 6.07 Å². The number of sulfone groups is 5. The number of nitrogens with two attached hydrogens (primary N) is 1. The molecule has 0 aliphatic carbocycles. The first-order chi connectivity index (χ1) is 41.3. The molecule has 0 fully saturated rings. The van der Waals surface area contributed by atoms with Crippen molar-refractivity contribution in [2.75, 3.05) is 58.2 Å². The summed E-state index contributed by atoms with van der Waals surface area (Å²) < 4.78 is 134. The Bertz CT molecular complexity index is 4510. The van der Waals surface area contributed by atoms with Crippen molar-refractivity contribution in [3.05, 3.63) is 180 Å². The van der Waals surface area contributed by atoms with Crippen LogP contribution in [0.15, 0.2) is 154 Å². The Hall–Kier alpha value is -8.56. The predicted molar refractivity (Wildman–Crippen MR) is 320 cm³/mol. The number of carboxylic acid groups (broad SMARTS) is 2. The van der Waals surface area contributed by atoms with E-state index in [2.05, 4.69) is 56.0 Å². The predicted octanol–water partition coefficient (Wildman–Crippen LogP) is 5.59. The third-order valence-corrected chi connectivity index (χ3v) is 20.9. The average Bonchev–Trinajstić information content (AvgIpc) is 2.06. The van der Waals surface area contributed by atoms with Crippen LogP contribution in [0.3, 0.4) is 0 Å². The van der Waals surface area contributed by atoms with Crippen molar-refractivity contribution in [1.82, 2.24) is 0 Å². The molecule has 0 radical (unpaired) electrons. The molecule has 3 aliphatic rings. The molecule has 1 atom stereocenters. The fourth-order valence-electron chi connectivity index (χ4n) is 7.71. The highest BCUT2D eigenvalue weighted by Crippen LogP contribution is 2.33. The van der Waals surface area contributed by atoms with Gasteiger partial charge in [-0.2, -0.15) is 5.26 Å². The van der Waals surface area contributed by atoms with E-state index < -0.39 is 103 Å². The maximum absolute atomic E-state index is 11.7. The summed E-state index contributed by atoms with van der Waals surface area (Å²) in [5.41, 5.74) is 7.66. The number of carbonyl (C=O) groups excluding carboxylic acids is 5. The van der Waals surface area contributed by atoms with E-state index in [1.165, 1.54) is 101 Å². The number of carboxylic acids is 2. The monoisotopic (exact) mass is 1450 g/mol. The molecule has 0 bridgehead atoms. The minimum absolute atomic E-state index is 0.00630. The zero-order valence-electron chi connectivity index (χ0n) is 46.9. The van der Waals surface area contributed by atoms with E-state index in [1.54, 1.807) is 36.4 Å². The molecule has 5 N–H and O–H groups in total. The van der Waals surface area contributed by atoms with E-state index in [1.807, 2.05) is 0 Å². The van der Waals surface area contributed by atoms with Crippen LogP contribution in [0.25, 0.3) is 0 Å². The second-order valence-corrected chi connectivity index (χ2v) is 29.8. The zero-order valence-corrected chi connectivity index (χ0v) is 54.1. The summed E-state index contributed by atoms with van der Waals surface area (Å²) in [6.45, 7) is 0. The molecule has 0 amide bonds. The van der Waals surface area contributed by atoms with Crippen LogP contribution >= 0.6 is 31.9 Å². The number of nitrogens with zero attached hydrogens (tertiary/aromatic N) is 2. The number of ether oxygens (including phenoxy) is 4. The van der Waals surface area contributed by atoms with Gasteiger partial charge in [-0.15, -0.1) is 0 Å². The van der Waals surface area contributed by atoms with Crippen molar-refractivity contribution in [2.45, 2.75) is 30.5 Å². The van der Waals surface area contributed by atoms with E-state index in [0.717, 1.165) is 29.1 Å². The second-order valence-electron chi connectivity index (χ2n) is 18.1. The van der Waals surface area contributed by atoms with Crippen molar-refractivity contribution < 1.29 is 110 Å². The maximum Gasteiger partial charge on any atom is 0.337 e. The number of carbonyl (C=O) groups is 7. The largest absolute Gasteiger partial charge is 0.478 e. The summed E-state index contributed by atoms with van der Waals surface area (Å²) in [5.74, 6) is -5.91. The highest BCUT2D eigenvalue weighted by Gasteiger charge is 2.36. The Morgan fingerprint density at radius 2 is 0.944 bits per heavy atom. The van der Waals surface area contributed by atoms with Crippen molar-refractivity contribution in [3.63, 3.8) is 0 Å². The van der Waals surface area contributed by atoms with Gasteiger partial charge in [0, 0.05) is 38.6 Å². The number of benzene rings is 6. The van der Waals surface area contributed by atoms with Gasteiger partial charge < -0.3 is 40.1 Å². The molecule has 3 aliphatic heterocycles. The third-order valence-electron chi connectivity index (χ3n) is 12.0. The summed E-state index contributed by atoms with van der Waals surface area (Å²) in [7, 11) is -12.5. The molecule has 0 saturated heterocycles. The van der Waals surface area contributed by atoms with Gasteiger partial charge in [-0.05, 0) is 125 Å². The number of halogens is 2. The smallest absolute Gasteiger partial charge is 0.337 e. The van der Waals surface area contributed by atoms with Crippen LogP contribution in [-0.4, -0.2) is 163 Å². The van der Waals surface area contributed by atoms with Gasteiger partial charge in [-0.25, -0.2) is 70.9 Å². The number of ketones is 1. The van der Waals surface area contributed by atoms with E-state index in [0.29, 0.717) is 21.2 Å². The van der Waals surface area contributed by atoms with Crippen molar-refractivity contribution >= 4 is 128 Å². The molecule has 6 aromatic rings. The lowest BCUT2D eigenvalue weighted by Gasteiger charge is -2.04. The summed E-state index contributed by atoms with van der Waals surface area (Å²) in [6, 6.07) is 27.8. The average molecular weight is 1460 g/mol. The molecule has 89 heavy (non-hydrogen) atoms. The normalized spacial score (nSPS) is 15.3. The summed E-state index contributed by atoms with van der Waals surface area (Å²) in [4.78, 5) is 77.0. The molecule has 0 spiro atoms. The Morgan fingerprint density at radius 1 is 0.551 bits per heavy atom. The SMILES string of the molecule is COC(=O)c1ccc(C#N)c(S(C)(=O)=O)c1.COC(=O)c1ccc2c(c1)S(=O)(=O)CC2=NO.COC(=O)c1ccc2c(c1)S(=O)(=O)CC2=O.COC(=O)c1ccc2c(c1)S(=O)(=O)CC2N.CS(=O)(=O)c1cc(C(=O)O)ccc1Br.O=C(O)c1ccc(Br)cc1. The number of nitriles is 1. The Kier molecular flexibility index (Phi) is 24.7. The second kappa shape index (κ2) is 30.1. The van der Waals surface area contributed by atoms with Gasteiger partial charge in [0.05, 0.1) is 97.6 Å². The number of hydrogen-bond donors (Lipinski definition) is 4. The molecule has 3 heterocycles. The number of hydrogen-bond acceptors (Lipinski definition) is 25. The first-order valence-corrected chi connectivity index (χ1v) is 34.5. The van der Waals surface area contributed by atoms with Crippen LogP contribution in [0.4, 0.5) is 0 Å². The van der Waals surface area contributed by atoms with Crippen molar-refractivity contribution in [2.24, 2.45) is 10.9 Å². The van der Waals surface area contributed by atoms with Crippen LogP contribution in [0, 0.1) is 11.3 Å². The highest BCUT2D eigenvalue weighted by atomic mass is 79.9. The van der Waals surface area contributed by atoms with Gasteiger partial charge in [0.25, 0.3) is 0 Å². The molecule has 6 aromatic carbocycles. The molecule has 34 heteroatoms. The first kappa shape index (κ1) is 72.9. The topological polar surface area (TPSA) is 450 Å². The molecule has 0 saturated carbocycles. The number of Topliss-reactive ketones (excluding diaryl/α,β-unsaturated/α-hetero) is 1. The van der Waals surface area contributed by atoms with E-state index in [9.17, 15) is 75.7 Å². The molecular weight excluding hydrogens is 1410 g/mol. The number of oxime groups is 1. The number of methoxy groups -OCH3 is 4. The van der Waals surface area contributed by atoms with Crippen LogP contribution in [0.1, 0.15) is 95.2 Å². The van der Waals surface area contributed by atoms with Gasteiger partial charge in [0.2, 0.25) is 0 Å². The van der Waals surface area contributed by atoms with Crippen LogP contribution in [-0.2, 0) is 68.1 Å². The summed E-state index contributed by atoms with van der Waals surface area (Å²) >= 11 is 6.24. The quantitative estimate of drug-likeness (QED) is 0.0624. The van der Waals surface area contributed by atoms with E-state index >= 15 is 0 Å². The van der Waals surface area contributed by atoms with Crippen LogP contribution in [0.2, 0.25) is 0 Å². The lowest BCUT2D eigenvalue weighted by molar-refractivity contribution is 0.0591. The molecule has 0 aromatic heterocycles. The highest BCUT2D eigenvalue weighted by molar-refractivity contribution is 9.10. The number of esters is 4. The molecule has 9 rings (SSSR count). The fourth-order valence-corrected chi connectivity index (χ4v) is 15.5.